The third-order valence-electron chi connectivity index (χ3n) is 4.74. The Labute approximate surface area is 127 Å². The highest BCUT2D eigenvalue weighted by Crippen LogP contribution is 2.30. The summed E-state index contributed by atoms with van der Waals surface area (Å²) in [5, 5.41) is 3.32. The van der Waals surface area contributed by atoms with E-state index in [1.807, 2.05) is 4.90 Å². The molecule has 0 spiro atoms. The number of nitrogens with one attached hydrogen (secondary N) is 1. The first-order valence-corrected chi connectivity index (χ1v) is 7.85. The van der Waals surface area contributed by atoms with Crippen LogP contribution in [0.4, 0.5) is 0 Å². The molecule has 0 bridgehead atoms. The predicted octanol–water partition coefficient (Wildman–Crippen LogP) is -0.391. The van der Waals surface area contributed by atoms with E-state index in [1.54, 1.807) is 19.0 Å². The Morgan fingerprint density at radius 2 is 1.67 bits per heavy atom. The number of hydrogen-bond acceptors (Lipinski definition) is 4. The average Bonchev–Trinajstić information content (AvgIpc) is 2.48. The number of carbonyl (C=O) groups excluding carboxylic acids is 2. The van der Waals surface area contributed by atoms with Gasteiger partial charge in [-0.25, -0.2) is 0 Å². The molecule has 0 aromatic heterocycles. The standard InChI is InChI=1S/C15H28N4O2/c1-15(4-6-16-7-5-15)14(21)19-10-8-18(9-11-19)12-13(20)17(2)3/h16H,4-12H2,1-3H3. The molecule has 2 heterocycles. The maximum absolute atomic E-state index is 12.7. The van der Waals surface area contributed by atoms with Crippen molar-refractivity contribution in [2.75, 3.05) is 59.9 Å². The summed E-state index contributed by atoms with van der Waals surface area (Å²) in [6.45, 7) is 7.47. The third-order valence-corrected chi connectivity index (χ3v) is 4.74. The summed E-state index contributed by atoms with van der Waals surface area (Å²) in [4.78, 5) is 30.2. The highest BCUT2D eigenvalue weighted by atomic mass is 16.2. The molecule has 0 unspecified atom stereocenters. The van der Waals surface area contributed by atoms with Gasteiger partial charge in [-0.05, 0) is 25.9 Å². The SMILES string of the molecule is CN(C)C(=O)CN1CCN(C(=O)C2(C)CCNCC2)CC1. The van der Waals surface area contributed by atoms with E-state index >= 15 is 0 Å². The molecular weight excluding hydrogens is 268 g/mol. The third kappa shape index (κ3) is 3.95. The van der Waals surface area contributed by atoms with Gasteiger partial charge in [0.1, 0.15) is 0 Å². The van der Waals surface area contributed by atoms with Gasteiger partial charge in [0.05, 0.1) is 6.54 Å². The van der Waals surface area contributed by atoms with Crippen molar-refractivity contribution in [3.05, 3.63) is 0 Å². The van der Waals surface area contributed by atoms with E-state index in [4.69, 9.17) is 0 Å². The summed E-state index contributed by atoms with van der Waals surface area (Å²) < 4.78 is 0. The van der Waals surface area contributed by atoms with Crippen LogP contribution in [0, 0.1) is 5.41 Å². The van der Waals surface area contributed by atoms with Crippen molar-refractivity contribution >= 4 is 11.8 Å². The van der Waals surface area contributed by atoms with Crippen LogP contribution in [0.5, 0.6) is 0 Å². The van der Waals surface area contributed by atoms with Crippen molar-refractivity contribution in [1.82, 2.24) is 20.0 Å². The lowest BCUT2D eigenvalue weighted by molar-refractivity contribution is -0.144. The van der Waals surface area contributed by atoms with Gasteiger partial charge in [-0.3, -0.25) is 14.5 Å². The zero-order chi connectivity index (χ0) is 15.5. The average molecular weight is 296 g/mol. The topological polar surface area (TPSA) is 55.9 Å². The Hall–Kier alpha value is -1.14. The van der Waals surface area contributed by atoms with E-state index < -0.39 is 0 Å². The van der Waals surface area contributed by atoms with E-state index in [0.29, 0.717) is 12.5 Å². The predicted molar refractivity (Wildman–Crippen MR) is 81.9 cm³/mol. The molecule has 2 fully saturated rings. The number of piperidine rings is 1. The summed E-state index contributed by atoms with van der Waals surface area (Å²) >= 11 is 0. The first kappa shape index (κ1) is 16.2. The van der Waals surface area contributed by atoms with E-state index in [9.17, 15) is 9.59 Å². The minimum absolute atomic E-state index is 0.125. The van der Waals surface area contributed by atoms with Crippen LogP contribution in [-0.2, 0) is 9.59 Å². The van der Waals surface area contributed by atoms with Crippen LogP contribution in [0.3, 0.4) is 0 Å². The molecule has 2 amide bonds. The molecule has 0 saturated carbocycles. The van der Waals surface area contributed by atoms with Crippen LogP contribution in [-0.4, -0.2) is 86.4 Å². The normalized spacial score (nSPS) is 22.9. The monoisotopic (exact) mass is 296 g/mol. The lowest BCUT2D eigenvalue weighted by atomic mass is 9.79. The van der Waals surface area contributed by atoms with Gasteiger partial charge in [-0.2, -0.15) is 0 Å². The number of rotatable bonds is 3. The molecule has 1 N–H and O–H groups in total. The van der Waals surface area contributed by atoms with Crippen molar-refractivity contribution in [2.24, 2.45) is 5.41 Å². The molecule has 0 atom stereocenters. The molecule has 0 aromatic rings. The highest BCUT2D eigenvalue weighted by molar-refractivity contribution is 5.82. The van der Waals surface area contributed by atoms with E-state index in [0.717, 1.165) is 52.1 Å². The molecule has 21 heavy (non-hydrogen) atoms. The molecule has 2 saturated heterocycles. The van der Waals surface area contributed by atoms with E-state index in [2.05, 4.69) is 17.1 Å². The molecule has 6 heteroatoms. The molecule has 0 radical (unpaired) electrons. The molecule has 2 rings (SSSR count). The first-order valence-electron chi connectivity index (χ1n) is 7.85. The zero-order valence-corrected chi connectivity index (χ0v) is 13.5. The van der Waals surface area contributed by atoms with Gasteiger partial charge < -0.3 is 15.1 Å². The maximum Gasteiger partial charge on any atom is 0.236 e. The summed E-state index contributed by atoms with van der Waals surface area (Å²) in [7, 11) is 3.56. The van der Waals surface area contributed by atoms with Crippen molar-refractivity contribution in [2.45, 2.75) is 19.8 Å². The van der Waals surface area contributed by atoms with Crippen molar-refractivity contribution < 1.29 is 9.59 Å². The lowest BCUT2D eigenvalue weighted by Gasteiger charge is -2.41. The number of carbonyl (C=O) groups is 2. The number of likely N-dealkylation sites (N-methyl/N-ethyl adjacent to an activating group) is 1. The van der Waals surface area contributed by atoms with Crippen LogP contribution >= 0.6 is 0 Å². The van der Waals surface area contributed by atoms with Crippen molar-refractivity contribution in [1.29, 1.82) is 0 Å². The van der Waals surface area contributed by atoms with Gasteiger partial charge in [0.15, 0.2) is 0 Å². The van der Waals surface area contributed by atoms with Gasteiger partial charge in [-0.1, -0.05) is 6.92 Å². The van der Waals surface area contributed by atoms with Crippen LogP contribution in [0.25, 0.3) is 0 Å². The summed E-state index contributed by atoms with van der Waals surface area (Å²) in [5.41, 5.74) is -0.202. The van der Waals surface area contributed by atoms with Gasteiger partial charge in [0.2, 0.25) is 11.8 Å². The fourth-order valence-electron chi connectivity index (χ4n) is 3.02. The second kappa shape index (κ2) is 6.75. The van der Waals surface area contributed by atoms with Crippen LogP contribution < -0.4 is 5.32 Å². The number of amides is 2. The molecule has 6 nitrogen and oxygen atoms in total. The maximum atomic E-state index is 12.7. The largest absolute Gasteiger partial charge is 0.348 e. The number of hydrogen-bond donors (Lipinski definition) is 1. The lowest BCUT2D eigenvalue weighted by Crippen LogP contribution is -2.55. The zero-order valence-electron chi connectivity index (χ0n) is 13.5. The Kier molecular flexibility index (Phi) is 5.22. The van der Waals surface area contributed by atoms with Gasteiger partial charge in [0, 0.05) is 45.7 Å². The number of nitrogens with zero attached hydrogens (tertiary/aromatic N) is 3. The summed E-state index contributed by atoms with van der Waals surface area (Å²) in [5.74, 6) is 0.419. The van der Waals surface area contributed by atoms with E-state index in [1.165, 1.54) is 0 Å². The molecule has 2 aliphatic rings. The number of piperazine rings is 1. The Morgan fingerprint density at radius 1 is 1.10 bits per heavy atom. The fourth-order valence-corrected chi connectivity index (χ4v) is 3.02. The Balaban J connectivity index is 1.83. The molecule has 2 aliphatic heterocycles. The first-order chi connectivity index (χ1) is 9.92. The minimum atomic E-state index is -0.202. The second-order valence-corrected chi connectivity index (χ2v) is 6.67. The Morgan fingerprint density at radius 3 is 2.19 bits per heavy atom. The van der Waals surface area contributed by atoms with Gasteiger partial charge >= 0.3 is 0 Å². The second-order valence-electron chi connectivity index (χ2n) is 6.67. The van der Waals surface area contributed by atoms with Gasteiger partial charge in [0.25, 0.3) is 0 Å². The highest BCUT2D eigenvalue weighted by Gasteiger charge is 2.38. The van der Waals surface area contributed by atoms with Crippen molar-refractivity contribution in [3.8, 4) is 0 Å². The summed E-state index contributed by atoms with van der Waals surface area (Å²) in [6.07, 6.45) is 1.84. The van der Waals surface area contributed by atoms with Gasteiger partial charge in [-0.15, -0.1) is 0 Å². The quantitative estimate of drug-likeness (QED) is 0.770. The van der Waals surface area contributed by atoms with Crippen LogP contribution in [0.1, 0.15) is 19.8 Å². The fraction of sp³-hybridized carbons (Fsp3) is 0.867. The van der Waals surface area contributed by atoms with E-state index in [-0.39, 0.29) is 11.3 Å². The van der Waals surface area contributed by atoms with Crippen LogP contribution in [0.15, 0.2) is 0 Å². The summed E-state index contributed by atoms with van der Waals surface area (Å²) in [6, 6.07) is 0. The molecule has 0 aromatic carbocycles. The molecular formula is C15H28N4O2. The smallest absolute Gasteiger partial charge is 0.236 e. The Bertz CT molecular complexity index is 383. The molecule has 0 aliphatic carbocycles. The van der Waals surface area contributed by atoms with Crippen molar-refractivity contribution in [3.63, 3.8) is 0 Å². The molecule has 120 valence electrons. The minimum Gasteiger partial charge on any atom is -0.348 e. The van der Waals surface area contributed by atoms with Crippen LogP contribution in [0.2, 0.25) is 0 Å².